The molecule has 1 aromatic rings. The molecule has 0 spiro atoms. The van der Waals surface area contributed by atoms with Crippen LogP contribution >= 0.6 is 0 Å². The Morgan fingerprint density at radius 1 is 1.29 bits per heavy atom. The second-order valence-electron chi connectivity index (χ2n) is 6.21. The van der Waals surface area contributed by atoms with Crippen molar-refractivity contribution in [1.29, 1.82) is 0 Å². The van der Waals surface area contributed by atoms with E-state index in [-0.39, 0.29) is 5.91 Å². The van der Waals surface area contributed by atoms with Gasteiger partial charge in [-0.2, -0.15) is 0 Å². The Hall–Kier alpha value is -1.60. The van der Waals surface area contributed by atoms with Gasteiger partial charge in [0, 0.05) is 13.1 Å². The van der Waals surface area contributed by atoms with E-state index in [0.29, 0.717) is 38.4 Å². The summed E-state index contributed by atoms with van der Waals surface area (Å²) in [4.78, 5) is 14.6. The molecule has 0 radical (unpaired) electrons. The normalized spacial score (nSPS) is 16.8. The minimum absolute atomic E-state index is 0.160. The number of morpholine rings is 1. The second kappa shape index (κ2) is 7.53. The first-order valence-electron chi connectivity index (χ1n) is 8.19. The zero-order valence-corrected chi connectivity index (χ0v) is 15.6. The lowest BCUT2D eigenvalue weighted by atomic mass is 10.1. The number of hydrogen-bond donors (Lipinski definition) is 0. The topological polar surface area (TPSA) is 66.9 Å². The molecular formula is C17H26N2O4S. The minimum Gasteiger partial charge on any atom is -0.378 e. The van der Waals surface area contributed by atoms with Crippen molar-refractivity contribution < 1.29 is 17.9 Å². The van der Waals surface area contributed by atoms with Crippen LogP contribution in [0.1, 0.15) is 24.5 Å². The fourth-order valence-corrected chi connectivity index (χ4v) is 4.23. The van der Waals surface area contributed by atoms with Gasteiger partial charge in [0.1, 0.15) is 6.04 Å². The summed E-state index contributed by atoms with van der Waals surface area (Å²) in [6.45, 7) is 7.59. The molecule has 1 saturated heterocycles. The third-order valence-corrected chi connectivity index (χ3v) is 5.40. The van der Waals surface area contributed by atoms with Crippen LogP contribution in [0.5, 0.6) is 0 Å². The van der Waals surface area contributed by atoms with Crippen molar-refractivity contribution in [3.05, 3.63) is 29.3 Å². The highest BCUT2D eigenvalue weighted by Crippen LogP contribution is 2.28. The Balaban J connectivity index is 2.45. The van der Waals surface area contributed by atoms with E-state index in [2.05, 4.69) is 0 Å². The van der Waals surface area contributed by atoms with Crippen LogP contribution in [0, 0.1) is 13.8 Å². The number of benzene rings is 1. The molecule has 6 nitrogen and oxygen atoms in total. The molecule has 24 heavy (non-hydrogen) atoms. The smallest absolute Gasteiger partial charge is 0.246 e. The van der Waals surface area contributed by atoms with E-state index in [1.54, 1.807) is 4.90 Å². The van der Waals surface area contributed by atoms with Gasteiger partial charge in [-0.25, -0.2) is 8.42 Å². The highest BCUT2D eigenvalue weighted by Gasteiger charge is 2.35. The maximum Gasteiger partial charge on any atom is 0.246 e. The van der Waals surface area contributed by atoms with Crippen LogP contribution in [0.3, 0.4) is 0 Å². The quantitative estimate of drug-likeness (QED) is 0.807. The minimum atomic E-state index is -3.60. The molecule has 1 atom stereocenters. The first-order valence-corrected chi connectivity index (χ1v) is 10.0. The summed E-state index contributed by atoms with van der Waals surface area (Å²) in [7, 11) is -3.60. The van der Waals surface area contributed by atoms with Crippen molar-refractivity contribution in [3.63, 3.8) is 0 Å². The number of carbonyl (C=O) groups is 1. The van der Waals surface area contributed by atoms with Gasteiger partial charge in [-0.1, -0.05) is 19.1 Å². The number of ether oxygens (including phenoxy) is 1. The lowest BCUT2D eigenvalue weighted by molar-refractivity contribution is -0.136. The highest BCUT2D eigenvalue weighted by molar-refractivity contribution is 7.92. The number of hydrogen-bond acceptors (Lipinski definition) is 4. The van der Waals surface area contributed by atoms with Crippen LogP contribution < -0.4 is 4.31 Å². The predicted octanol–water partition coefficient (Wildman–Crippen LogP) is 1.71. The summed E-state index contributed by atoms with van der Waals surface area (Å²) in [5, 5.41) is 0. The van der Waals surface area contributed by atoms with Crippen LogP contribution in [0.15, 0.2) is 18.2 Å². The van der Waals surface area contributed by atoms with Gasteiger partial charge >= 0.3 is 0 Å². The van der Waals surface area contributed by atoms with Crippen molar-refractivity contribution in [1.82, 2.24) is 4.90 Å². The highest BCUT2D eigenvalue weighted by atomic mass is 32.2. The largest absolute Gasteiger partial charge is 0.378 e. The van der Waals surface area contributed by atoms with Gasteiger partial charge < -0.3 is 9.64 Å². The molecular weight excluding hydrogens is 328 g/mol. The number of aryl methyl sites for hydroxylation is 2. The van der Waals surface area contributed by atoms with E-state index in [1.807, 2.05) is 39.0 Å². The van der Waals surface area contributed by atoms with Crippen molar-refractivity contribution in [2.45, 2.75) is 33.2 Å². The van der Waals surface area contributed by atoms with Gasteiger partial charge in [0.15, 0.2) is 0 Å². The molecule has 134 valence electrons. The zero-order chi connectivity index (χ0) is 17.9. The van der Waals surface area contributed by atoms with Gasteiger partial charge in [-0.15, -0.1) is 0 Å². The molecule has 1 aliphatic heterocycles. The van der Waals surface area contributed by atoms with Crippen molar-refractivity contribution in [3.8, 4) is 0 Å². The first-order chi connectivity index (χ1) is 11.3. The van der Waals surface area contributed by atoms with Crippen LogP contribution in [0.2, 0.25) is 0 Å². The maximum absolute atomic E-state index is 13.0. The first kappa shape index (κ1) is 18.7. The van der Waals surface area contributed by atoms with E-state index in [9.17, 15) is 13.2 Å². The summed E-state index contributed by atoms with van der Waals surface area (Å²) in [6.07, 6.45) is 1.57. The van der Waals surface area contributed by atoms with E-state index >= 15 is 0 Å². The lowest BCUT2D eigenvalue weighted by Gasteiger charge is -2.36. The molecule has 2 rings (SSSR count). The molecule has 1 amide bonds. The SMILES string of the molecule is CC[C@H](C(=O)N1CCOCC1)N(c1cc(C)ccc1C)S(C)(=O)=O. The number of nitrogens with zero attached hydrogens (tertiary/aromatic N) is 2. The Labute approximate surface area is 144 Å². The summed E-state index contributed by atoms with van der Waals surface area (Å²) in [5.41, 5.74) is 2.36. The monoisotopic (exact) mass is 354 g/mol. The average molecular weight is 354 g/mol. The van der Waals surface area contributed by atoms with Gasteiger partial charge in [0.05, 0.1) is 25.2 Å². The molecule has 7 heteroatoms. The number of rotatable bonds is 5. The van der Waals surface area contributed by atoms with Gasteiger partial charge in [-0.05, 0) is 37.5 Å². The molecule has 0 saturated carbocycles. The molecule has 0 aromatic heterocycles. The molecule has 1 aromatic carbocycles. The van der Waals surface area contributed by atoms with Gasteiger partial charge in [0.25, 0.3) is 0 Å². The predicted molar refractivity (Wildman–Crippen MR) is 94.7 cm³/mol. The van der Waals surface area contributed by atoms with Gasteiger partial charge in [-0.3, -0.25) is 9.10 Å². The lowest BCUT2D eigenvalue weighted by Crippen LogP contribution is -2.53. The van der Waals surface area contributed by atoms with E-state index < -0.39 is 16.1 Å². The molecule has 0 unspecified atom stereocenters. The summed E-state index contributed by atoms with van der Waals surface area (Å²) in [6, 6.07) is 4.91. The Bertz CT molecular complexity index is 697. The Kier molecular flexibility index (Phi) is 5.87. The molecule has 1 fully saturated rings. The number of sulfonamides is 1. The van der Waals surface area contributed by atoms with Crippen molar-refractivity contribution in [2.24, 2.45) is 0 Å². The summed E-state index contributed by atoms with van der Waals surface area (Å²) in [5.74, 6) is -0.160. The Morgan fingerprint density at radius 2 is 1.92 bits per heavy atom. The van der Waals surface area contributed by atoms with E-state index in [0.717, 1.165) is 17.4 Å². The number of amides is 1. The van der Waals surface area contributed by atoms with Crippen LogP contribution in [0.4, 0.5) is 5.69 Å². The maximum atomic E-state index is 13.0. The number of carbonyl (C=O) groups excluding carboxylic acids is 1. The molecule has 0 N–H and O–H groups in total. The zero-order valence-electron chi connectivity index (χ0n) is 14.8. The van der Waals surface area contributed by atoms with Crippen molar-refractivity contribution >= 4 is 21.6 Å². The summed E-state index contributed by atoms with van der Waals surface area (Å²) < 4.78 is 31.6. The van der Waals surface area contributed by atoms with Crippen LogP contribution in [-0.2, 0) is 19.6 Å². The Morgan fingerprint density at radius 3 is 2.46 bits per heavy atom. The molecule has 1 heterocycles. The fraction of sp³-hybridized carbons (Fsp3) is 0.588. The number of anilines is 1. The molecule has 0 aliphatic carbocycles. The average Bonchev–Trinajstić information content (AvgIpc) is 2.54. The van der Waals surface area contributed by atoms with Crippen LogP contribution in [-0.4, -0.2) is 57.8 Å². The van der Waals surface area contributed by atoms with Gasteiger partial charge in [0.2, 0.25) is 15.9 Å². The third kappa shape index (κ3) is 4.08. The second-order valence-corrected chi connectivity index (χ2v) is 8.07. The summed E-state index contributed by atoms with van der Waals surface area (Å²) >= 11 is 0. The van der Waals surface area contributed by atoms with E-state index in [1.165, 1.54) is 4.31 Å². The van der Waals surface area contributed by atoms with E-state index in [4.69, 9.17) is 4.74 Å². The standard InChI is InChI=1S/C17H26N2O4S/c1-5-15(17(20)18-8-10-23-11-9-18)19(24(4,21)22)16-12-13(2)6-7-14(16)3/h6-7,12,15H,5,8-11H2,1-4H3/t15-/m1/s1. The molecule has 0 bridgehead atoms. The molecule has 1 aliphatic rings. The van der Waals surface area contributed by atoms with Crippen LogP contribution in [0.25, 0.3) is 0 Å². The van der Waals surface area contributed by atoms with Crippen molar-refractivity contribution in [2.75, 3.05) is 36.9 Å². The third-order valence-electron chi connectivity index (χ3n) is 4.24. The fourth-order valence-electron chi connectivity index (χ4n) is 2.97.